The van der Waals surface area contributed by atoms with E-state index in [0.29, 0.717) is 16.6 Å². The quantitative estimate of drug-likeness (QED) is 0.124. The number of nitrogens with zero attached hydrogens (tertiary/aromatic N) is 2. The number of ether oxygens (including phenoxy) is 3. The Balaban J connectivity index is 0.00000481. The molecule has 0 spiro atoms. The fourth-order valence-electron chi connectivity index (χ4n) is 2.93. The van der Waals surface area contributed by atoms with E-state index in [1.54, 1.807) is 44.2 Å². The van der Waals surface area contributed by atoms with Crippen LogP contribution in [-0.4, -0.2) is 47.6 Å². The van der Waals surface area contributed by atoms with Crippen molar-refractivity contribution in [2.45, 2.75) is 26.7 Å². The molecule has 192 valence electrons. The Hall–Kier alpha value is -2.77. The minimum atomic E-state index is -4.96. The number of rotatable bonds is 10. The van der Waals surface area contributed by atoms with E-state index in [0.717, 1.165) is 7.11 Å². The van der Waals surface area contributed by atoms with Gasteiger partial charge in [-0.2, -0.15) is 0 Å². The number of aromatic nitrogens is 2. The molecule has 0 saturated carbocycles. The summed E-state index contributed by atoms with van der Waals surface area (Å²) in [6.07, 6.45) is -2.45. The maximum absolute atomic E-state index is 12.8. The normalized spacial score (nSPS) is 12.4. The maximum Gasteiger partial charge on any atom is 1.00 e. The van der Waals surface area contributed by atoms with E-state index in [-0.39, 0.29) is 46.8 Å². The summed E-state index contributed by atoms with van der Waals surface area (Å²) in [5, 5.41) is 2.35. The van der Waals surface area contributed by atoms with Crippen molar-refractivity contribution in [2.24, 2.45) is 0 Å². The van der Waals surface area contributed by atoms with Gasteiger partial charge in [0.15, 0.2) is 5.78 Å². The first kappa shape index (κ1) is 30.5. The van der Waals surface area contributed by atoms with Crippen LogP contribution in [0.25, 0.3) is 11.0 Å². The molecule has 1 N–H and O–H groups in total. The number of benzene rings is 2. The molecule has 37 heavy (non-hydrogen) atoms. The van der Waals surface area contributed by atoms with Crippen molar-refractivity contribution in [2.75, 3.05) is 19.2 Å². The van der Waals surface area contributed by atoms with E-state index in [9.17, 15) is 23.8 Å². The summed E-state index contributed by atoms with van der Waals surface area (Å²) < 4.78 is 36.4. The molecule has 2 aromatic carbocycles. The van der Waals surface area contributed by atoms with Crippen molar-refractivity contribution in [3.8, 4) is 0 Å². The zero-order chi connectivity index (χ0) is 26.3. The molecule has 3 rings (SSSR count). The summed E-state index contributed by atoms with van der Waals surface area (Å²) in [6, 6.07) is 13.1. The topological polar surface area (TPSA) is 167 Å². The molecule has 1 amide bonds. The van der Waals surface area contributed by atoms with Gasteiger partial charge in [-0.05, 0) is 32.0 Å². The van der Waals surface area contributed by atoms with Crippen molar-refractivity contribution in [1.29, 1.82) is 0 Å². The number of hydrogen-bond acceptors (Lipinski definition) is 11. The Bertz CT molecular complexity index is 1300. The average Bonchev–Trinajstić information content (AvgIpc) is 3.18. The number of carbonyl (C=O) groups excluding carboxylic acids is 3. The van der Waals surface area contributed by atoms with E-state index in [4.69, 9.17) is 4.52 Å². The van der Waals surface area contributed by atoms with Crippen LogP contribution in [0.3, 0.4) is 0 Å². The van der Waals surface area contributed by atoms with Crippen LogP contribution in [0.5, 0.6) is 0 Å². The van der Waals surface area contributed by atoms with E-state index < -0.39 is 39.7 Å². The number of phosphoric ester groups is 1. The van der Waals surface area contributed by atoms with Crippen LogP contribution in [0, 0.1) is 0 Å². The summed E-state index contributed by atoms with van der Waals surface area (Å²) in [5.74, 6) is -0.364. The second-order valence-electron chi connectivity index (χ2n) is 7.39. The van der Waals surface area contributed by atoms with Crippen LogP contribution < -0.4 is 39.8 Å². The fraction of sp³-hybridized carbons (Fsp3) is 0.273. The van der Waals surface area contributed by atoms with Crippen molar-refractivity contribution < 1.29 is 76.7 Å². The molecule has 3 aromatic rings. The van der Waals surface area contributed by atoms with E-state index in [2.05, 4.69) is 29.0 Å². The summed E-state index contributed by atoms with van der Waals surface area (Å²) in [4.78, 5) is 52.2. The van der Waals surface area contributed by atoms with Crippen molar-refractivity contribution in [1.82, 2.24) is 9.55 Å². The monoisotopic (exact) mass is 543 g/mol. The largest absolute Gasteiger partial charge is 1.00 e. The van der Waals surface area contributed by atoms with Crippen LogP contribution in [0.4, 0.5) is 15.5 Å². The second-order valence-corrected chi connectivity index (χ2v) is 8.80. The van der Waals surface area contributed by atoms with Gasteiger partial charge >= 0.3 is 41.8 Å². The Morgan fingerprint density at radius 2 is 1.78 bits per heavy atom. The second kappa shape index (κ2) is 13.7. The van der Waals surface area contributed by atoms with Crippen LogP contribution in [0.1, 0.15) is 29.8 Å². The summed E-state index contributed by atoms with van der Waals surface area (Å²) in [6.45, 7) is 1.54. The summed E-state index contributed by atoms with van der Waals surface area (Å²) in [7, 11) is -3.82. The molecule has 15 heteroatoms. The number of nitrogens with one attached hydrogen (secondary N) is 1. The third-order valence-corrected chi connectivity index (χ3v) is 5.36. The Labute approximate surface area is 233 Å². The number of carbonyl (C=O) groups is 3. The van der Waals surface area contributed by atoms with E-state index in [1.807, 2.05) is 0 Å². The molecule has 13 nitrogen and oxygen atoms in total. The number of hydrogen-bond donors (Lipinski definition) is 1. The molecule has 1 unspecified atom stereocenters. The molecule has 0 aliphatic rings. The number of ketones is 1. The molecule has 0 aliphatic heterocycles. The number of amides is 1. The number of methoxy groups -OCH3 is 1. The first-order valence-electron chi connectivity index (χ1n) is 10.5. The number of phosphoric acid groups is 1. The van der Waals surface area contributed by atoms with Crippen LogP contribution in [0.15, 0.2) is 48.5 Å². The Kier molecular flexibility index (Phi) is 11.3. The molecule has 0 bridgehead atoms. The van der Waals surface area contributed by atoms with Gasteiger partial charge in [-0.15, -0.1) is 0 Å². The average molecular weight is 543 g/mol. The van der Waals surface area contributed by atoms with Gasteiger partial charge in [-0.25, -0.2) is 14.6 Å². The van der Waals surface area contributed by atoms with Gasteiger partial charge in [0.1, 0.15) is 6.73 Å². The molecule has 1 aromatic heterocycles. The Morgan fingerprint density at radius 3 is 2.43 bits per heavy atom. The molecule has 1 atom stereocenters. The van der Waals surface area contributed by atoms with Gasteiger partial charge in [0.05, 0.1) is 24.2 Å². The number of anilines is 1. The van der Waals surface area contributed by atoms with E-state index in [1.165, 1.54) is 22.8 Å². The molecular weight excluding hydrogens is 520 g/mol. The number of imidazole rings is 1. The Morgan fingerprint density at radius 1 is 1.08 bits per heavy atom. The first-order chi connectivity index (χ1) is 17.1. The van der Waals surface area contributed by atoms with Crippen LogP contribution in [0.2, 0.25) is 0 Å². The van der Waals surface area contributed by atoms with Crippen LogP contribution >= 0.6 is 7.82 Å². The number of fused-ring (bicyclic) bond motifs is 1. The molecule has 0 aliphatic carbocycles. The van der Waals surface area contributed by atoms with Gasteiger partial charge < -0.3 is 19.1 Å². The predicted molar refractivity (Wildman–Crippen MR) is 123 cm³/mol. The van der Waals surface area contributed by atoms with Crippen molar-refractivity contribution in [3.05, 3.63) is 59.7 Å². The van der Waals surface area contributed by atoms with Gasteiger partial charge in [0.25, 0.3) is 7.82 Å². The summed E-state index contributed by atoms with van der Waals surface area (Å²) in [5.41, 5.74) is 1.40. The third kappa shape index (κ3) is 8.64. The van der Waals surface area contributed by atoms with Gasteiger partial charge in [0.2, 0.25) is 12.7 Å². The fourth-order valence-corrected chi connectivity index (χ4v) is 3.44. The SMILES string of the molecule is COC(=O)Nc1nc2cc(C(=O)c3ccccc3)ccc2n1COP(=O)([O-])OCOC(=O)OC(C)C.[Na+]. The van der Waals surface area contributed by atoms with E-state index >= 15 is 0 Å². The standard InChI is InChI=1S/C22H24N3O10P.Na/c1-14(2)35-22(28)32-13-34-36(29,30)33-12-25-18-10-9-16(19(26)15-7-5-4-6-8-15)11-17(18)23-20(25)24-21(27)31-3;/h4-11,14H,12-13H2,1-3H3,(H,29,30)(H,23,24,27);/q;+1/p-1. The first-order valence-corrected chi connectivity index (χ1v) is 11.9. The molecular formula is C22H23N3NaO10P. The smallest absolute Gasteiger partial charge is 0.756 e. The minimum absolute atomic E-state index is 0. The van der Waals surface area contributed by atoms with Crippen LogP contribution in [-0.2, 0) is 34.6 Å². The zero-order valence-electron chi connectivity index (χ0n) is 20.5. The third-order valence-electron chi connectivity index (χ3n) is 4.51. The van der Waals surface area contributed by atoms with Gasteiger partial charge in [0, 0.05) is 11.1 Å². The minimum Gasteiger partial charge on any atom is -0.756 e. The summed E-state index contributed by atoms with van der Waals surface area (Å²) >= 11 is 0. The van der Waals surface area contributed by atoms with Crippen molar-refractivity contribution >= 4 is 42.8 Å². The van der Waals surface area contributed by atoms with Gasteiger partial charge in [-0.3, -0.25) is 28.3 Å². The zero-order valence-corrected chi connectivity index (χ0v) is 23.4. The van der Waals surface area contributed by atoms with Gasteiger partial charge in [-0.1, -0.05) is 30.3 Å². The molecule has 0 fully saturated rings. The molecule has 0 radical (unpaired) electrons. The van der Waals surface area contributed by atoms with Crippen molar-refractivity contribution in [3.63, 3.8) is 0 Å². The maximum atomic E-state index is 12.8. The predicted octanol–water partition coefficient (Wildman–Crippen LogP) is 0.428. The molecule has 1 heterocycles. The molecule has 0 saturated heterocycles.